The lowest BCUT2D eigenvalue weighted by molar-refractivity contribution is -0.118. The van der Waals surface area contributed by atoms with Crippen LogP contribution in [0.4, 0.5) is 11.4 Å². The van der Waals surface area contributed by atoms with Crippen molar-refractivity contribution in [3.63, 3.8) is 0 Å². The van der Waals surface area contributed by atoms with Crippen LogP contribution in [-0.4, -0.2) is 17.7 Å². The minimum Gasteiger partial charge on any atom is -0.444 e. The predicted octanol–water partition coefficient (Wildman–Crippen LogP) is 4.82. The summed E-state index contributed by atoms with van der Waals surface area (Å²) >= 11 is 3.15. The standard InChI is InChI=1S/C23H22BrN3O4/c1-14(2)21(28)26-17-7-3-15(4-8-17)13-25-22(29)16-5-9-18(10-6-16)27-23(30)19-11-12-20(24)31-19/h3-12,14H,13H2,1-2H3,(H,25,29)(H,26,28)(H,27,30). The van der Waals surface area contributed by atoms with Gasteiger partial charge in [-0.2, -0.15) is 0 Å². The molecule has 0 saturated heterocycles. The Morgan fingerprint density at radius 1 is 0.839 bits per heavy atom. The van der Waals surface area contributed by atoms with Crippen molar-refractivity contribution in [2.24, 2.45) is 5.92 Å². The van der Waals surface area contributed by atoms with E-state index < -0.39 is 0 Å². The summed E-state index contributed by atoms with van der Waals surface area (Å²) in [7, 11) is 0. The molecule has 3 aromatic rings. The molecule has 0 saturated carbocycles. The summed E-state index contributed by atoms with van der Waals surface area (Å²) in [4.78, 5) is 36.2. The predicted molar refractivity (Wildman–Crippen MR) is 122 cm³/mol. The van der Waals surface area contributed by atoms with Crippen molar-refractivity contribution >= 4 is 45.0 Å². The van der Waals surface area contributed by atoms with E-state index in [1.165, 1.54) is 0 Å². The van der Waals surface area contributed by atoms with Gasteiger partial charge in [-0.3, -0.25) is 14.4 Å². The second-order valence-electron chi connectivity index (χ2n) is 7.16. The van der Waals surface area contributed by atoms with Crippen LogP contribution in [0.1, 0.15) is 40.3 Å². The van der Waals surface area contributed by atoms with E-state index in [4.69, 9.17) is 4.42 Å². The summed E-state index contributed by atoms with van der Waals surface area (Å²) in [6, 6.07) is 17.1. The number of halogens is 1. The SMILES string of the molecule is CC(C)C(=O)Nc1ccc(CNC(=O)c2ccc(NC(=O)c3ccc(Br)o3)cc2)cc1. The van der Waals surface area contributed by atoms with Gasteiger partial charge in [0.05, 0.1) is 0 Å². The molecule has 0 aliphatic heterocycles. The van der Waals surface area contributed by atoms with E-state index in [0.29, 0.717) is 28.2 Å². The van der Waals surface area contributed by atoms with Gasteiger partial charge in [0, 0.05) is 29.4 Å². The number of benzene rings is 2. The van der Waals surface area contributed by atoms with Gasteiger partial charge in [0.2, 0.25) is 5.91 Å². The molecule has 31 heavy (non-hydrogen) atoms. The highest BCUT2D eigenvalue weighted by molar-refractivity contribution is 9.10. The highest BCUT2D eigenvalue weighted by Gasteiger charge is 2.12. The molecule has 160 valence electrons. The van der Waals surface area contributed by atoms with Crippen LogP contribution in [-0.2, 0) is 11.3 Å². The molecule has 0 unspecified atom stereocenters. The third-order valence-corrected chi connectivity index (χ3v) is 4.83. The fourth-order valence-corrected chi connectivity index (χ4v) is 2.92. The number of nitrogens with one attached hydrogen (secondary N) is 3. The van der Waals surface area contributed by atoms with Crippen LogP contribution in [0.3, 0.4) is 0 Å². The number of anilines is 2. The van der Waals surface area contributed by atoms with Crippen LogP contribution in [0.2, 0.25) is 0 Å². The molecule has 0 aliphatic rings. The van der Waals surface area contributed by atoms with Crippen LogP contribution in [0.15, 0.2) is 69.8 Å². The van der Waals surface area contributed by atoms with Crippen molar-refractivity contribution in [3.05, 3.63) is 82.2 Å². The summed E-state index contributed by atoms with van der Waals surface area (Å²) in [6.45, 7) is 4.01. The Kier molecular flexibility index (Phi) is 7.25. The average Bonchev–Trinajstić information content (AvgIpc) is 3.20. The summed E-state index contributed by atoms with van der Waals surface area (Å²) < 4.78 is 5.68. The minimum atomic E-state index is -0.379. The zero-order chi connectivity index (χ0) is 22.4. The largest absolute Gasteiger partial charge is 0.444 e. The van der Waals surface area contributed by atoms with Crippen molar-refractivity contribution in [2.75, 3.05) is 10.6 Å². The lowest BCUT2D eigenvalue weighted by Crippen LogP contribution is -2.23. The van der Waals surface area contributed by atoms with Crippen LogP contribution in [0, 0.1) is 5.92 Å². The highest BCUT2D eigenvalue weighted by atomic mass is 79.9. The maximum absolute atomic E-state index is 12.4. The van der Waals surface area contributed by atoms with Gasteiger partial charge in [0.1, 0.15) is 0 Å². The molecule has 3 amide bonds. The van der Waals surface area contributed by atoms with E-state index >= 15 is 0 Å². The van der Waals surface area contributed by atoms with Gasteiger partial charge in [0.25, 0.3) is 11.8 Å². The van der Waals surface area contributed by atoms with E-state index in [0.717, 1.165) is 5.56 Å². The smallest absolute Gasteiger partial charge is 0.291 e. The molecule has 3 rings (SSSR count). The zero-order valence-corrected chi connectivity index (χ0v) is 18.7. The normalized spacial score (nSPS) is 10.6. The summed E-state index contributed by atoms with van der Waals surface area (Å²) in [6.07, 6.45) is 0. The molecular formula is C23H22BrN3O4. The van der Waals surface area contributed by atoms with Crippen molar-refractivity contribution in [3.8, 4) is 0 Å². The molecule has 0 aliphatic carbocycles. The van der Waals surface area contributed by atoms with Gasteiger partial charge in [-0.15, -0.1) is 0 Å². The highest BCUT2D eigenvalue weighted by Crippen LogP contribution is 2.17. The number of hydrogen-bond acceptors (Lipinski definition) is 4. The molecule has 2 aromatic carbocycles. The number of amides is 3. The zero-order valence-electron chi connectivity index (χ0n) is 17.1. The van der Waals surface area contributed by atoms with Crippen molar-refractivity contribution in [1.82, 2.24) is 5.32 Å². The van der Waals surface area contributed by atoms with Crippen LogP contribution < -0.4 is 16.0 Å². The summed E-state index contributed by atoms with van der Waals surface area (Å²) in [5.41, 5.74) is 2.64. The van der Waals surface area contributed by atoms with E-state index in [2.05, 4.69) is 31.9 Å². The maximum Gasteiger partial charge on any atom is 0.291 e. The van der Waals surface area contributed by atoms with Crippen molar-refractivity contribution in [2.45, 2.75) is 20.4 Å². The first-order valence-electron chi connectivity index (χ1n) is 9.66. The van der Waals surface area contributed by atoms with Crippen LogP contribution in [0.5, 0.6) is 0 Å². The Morgan fingerprint density at radius 3 is 2.03 bits per heavy atom. The van der Waals surface area contributed by atoms with Gasteiger partial charge in [0.15, 0.2) is 10.4 Å². The number of carbonyl (C=O) groups is 3. The Morgan fingerprint density at radius 2 is 1.45 bits per heavy atom. The summed E-state index contributed by atoms with van der Waals surface area (Å²) in [5.74, 6) is -0.562. The van der Waals surface area contributed by atoms with E-state index in [-0.39, 0.29) is 29.4 Å². The molecule has 1 aromatic heterocycles. The molecule has 0 fully saturated rings. The molecule has 3 N–H and O–H groups in total. The number of rotatable bonds is 7. The fraction of sp³-hybridized carbons (Fsp3) is 0.174. The summed E-state index contributed by atoms with van der Waals surface area (Å²) in [5, 5.41) is 8.38. The van der Waals surface area contributed by atoms with E-state index in [9.17, 15) is 14.4 Å². The Bertz CT molecular complexity index is 1070. The Hall–Kier alpha value is -3.39. The average molecular weight is 484 g/mol. The van der Waals surface area contributed by atoms with Crippen LogP contribution >= 0.6 is 15.9 Å². The number of furan rings is 1. The lowest BCUT2D eigenvalue weighted by Gasteiger charge is -2.09. The van der Waals surface area contributed by atoms with Gasteiger partial charge in [-0.05, 0) is 70.0 Å². The second-order valence-corrected chi connectivity index (χ2v) is 7.94. The van der Waals surface area contributed by atoms with Gasteiger partial charge >= 0.3 is 0 Å². The topological polar surface area (TPSA) is 100 Å². The molecule has 0 bridgehead atoms. The molecule has 0 atom stereocenters. The molecule has 0 radical (unpaired) electrons. The third kappa shape index (κ3) is 6.29. The fourth-order valence-electron chi connectivity index (χ4n) is 2.61. The molecule has 0 spiro atoms. The van der Waals surface area contributed by atoms with Crippen LogP contribution in [0.25, 0.3) is 0 Å². The Labute approximate surface area is 188 Å². The maximum atomic E-state index is 12.4. The Balaban J connectivity index is 1.51. The molecule has 7 nitrogen and oxygen atoms in total. The number of carbonyl (C=O) groups excluding carboxylic acids is 3. The second kappa shape index (κ2) is 10.1. The first-order chi connectivity index (χ1) is 14.8. The lowest BCUT2D eigenvalue weighted by atomic mass is 10.1. The van der Waals surface area contributed by atoms with Gasteiger partial charge in [-0.25, -0.2) is 0 Å². The van der Waals surface area contributed by atoms with Gasteiger partial charge < -0.3 is 20.4 Å². The minimum absolute atomic E-state index is 0.0438. The van der Waals surface area contributed by atoms with Gasteiger partial charge in [-0.1, -0.05) is 26.0 Å². The third-order valence-electron chi connectivity index (χ3n) is 4.40. The molecule has 8 heteroatoms. The quantitative estimate of drug-likeness (QED) is 0.448. The van der Waals surface area contributed by atoms with E-state index in [1.807, 2.05) is 26.0 Å². The number of hydrogen-bond donors (Lipinski definition) is 3. The van der Waals surface area contributed by atoms with E-state index in [1.54, 1.807) is 48.5 Å². The first kappa shape index (κ1) is 22.3. The first-order valence-corrected chi connectivity index (χ1v) is 10.5. The molecule has 1 heterocycles. The van der Waals surface area contributed by atoms with Crippen molar-refractivity contribution < 1.29 is 18.8 Å². The monoisotopic (exact) mass is 483 g/mol. The molecular weight excluding hydrogens is 462 g/mol. The van der Waals surface area contributed by atoms with Crippen molar-refractivity contribution in [1.29, 1.82) is 0 Å².